The Bertz CT molecular complexity index is 633. The van der Waals surface area contributed by atoms with E-state index in [1.165, 1.54) is 12.8 Å². The summed E-state index contributed by atoms with van der Waals surface area (Å²) < 4.78 is 11.0. The molecule has 1 N–H and O–H groups in total. The van der Waals surface area contributed by atoms with Crippen LogP contribution in [-0.4, -0.2) is 25.7 Å². The Labute approximate surface area is 128 Å². The van der Waals surface area contributed by atoms with Crippen LogP contribution in [0.15, 0.2) is 28.7 Å². The maximum absolute atomic E-state index is 12.0. The quantitative estimate of drug-likeness (QED) is 0.795. The fraction of sp³-hybridized carbons (Fsp3) is 0.438. The smallest absolute Gasteiger partial charge is 0.287 e. The van der Waals surface area contributed by atoms with Gasteiger partial charge in [0.2, 0.25) is 0 Å². The average Bonchev–Trinajstić information content (AvgIpc) is 3.19. The molecular weight excluding hydrogens is 290 g/mol. The third-order valence-corrected chi connectivity index (χ3v) is 3.74. The number of carbonyl (C=O) groups is 1. The summed E-state index contributed by atoms with van der Waals surface area (Å²) in [5, 5.41) is 4.29. The number of halogens is 1. The molecule has 0 unspecified atom stereocenters. The number of benzene rings is 1. The minimum Gasteiger partial charge on any atom is -0.451 e. The van der Waals surface area contributed by atoms with Gasteiger partial charge in [-0.2, -0.15) is 0 Å². The zero-order valence-electron chi connectivity index (χ0n) is 11.7. The van der Waals surface area contributed by atoms with Crippen LogP contribution in [-0.2, 0) is 4.74 Å². The van der Waals surface area contributed by atoms with E-state index in [4.69, 9.17) is 20.8 Å². The zero-order valence-corrected chi connectivity index (χ0v) is 12.5. The first-order valence-electron chi connectivity index (χ1n) is 7.27. The van der Waals surface area contributed by atoms with Crippen molar-refractivity contribution >= 4 is 28.5 Å². The molecule has 3 rings (SSSR count). The number of fused-ring (bicyclic) bond motifs is 1. The molecule has 4 nitrogen and oxygen atoms in total. The molecule has 1 amide bonds. The Balaban J connectivity index is 1.44. The molecule has 21 heavy (non-hydrogen) atoms. The van der Waals surface area contributed by atoms with Crippen molar-refractivity contribution in [2.75, 3.05) is 19.8 Å². The summed E-state index contributed by atoms with van der Waals surface area (Å²) >= 11 is 5.91. The molecular formula is C16H18ClNO3. The molecule has 1 saturated carbocycles. The minimum atomic E-state index is -0.204. The predicted molar refractivity (Wildman–Crippen MR) is 81.7 cm³/mol. The Morgan fingerprint density at radius 1 is 1.38 bits per heavy atom. The monoisotopic (exact) mass is 307 g/mol. The maximum Gasteiger partial charge on any atom is 0.287 e. The van der Waals surface area contributed by atoms with Crippen molar-refractivity contribution in [3.8, 4) is 0 Å². The second kappa shape index (κ2) is 6.50. The molecule has 1 aliphatic carbocycles. The summed E-state index contributed by atoms with van der Waals surface area (Å²) in [4.78, 5) is 12.0. The van der Waals surface area contributed by atoms with Gasteiger partial charge < -0.3 is 14.5 Å². The topological polar surface area (TPSA) is 51.5 Å². The lowest BCUT2D eigenvalue weighted by molar-refractivity contribution is 0.0913. The number of rotatable bonds is 7. The highest BCUT2D eigenvalue weighted by molar-refractivity contribution is 6.31. The number of amides is 1. The molecule has 1 aliphatic rings. The molecule has 1 aromatic carbocycles. The van der Waals surface area contributed by atoms with E-state index in [2.05, 4.69) is 5.32 Å². The van der Waals surface area contributed by atoms with Crippen LogP contribution in [0, 0.1) is 5.92 Å². The minimum absolute atomic E-state index is 0.204. The number of hydrogen-bond donors (Lipinski definition) is 1. The second-order valence-electron chi connectivity index (χ2n) is 5.42. The van der Waals surface area contributed by atoms with Crippen molar-refractivity contribution in [3.05, 3.63) is 35.0 Å². The van der Waals surface area contributed by atoms with Crippen LogP contribution < -0.4 is 5.32 Å². The standard InChI is InChI=1S/C16H18ClNO3/c17-13-4-5-14-12(8-13)9-15(21-14)16(19)18-6-1-7-20-10-11-2-3-11/h4-5,8-9,11H,1-3,6-7,10H2,(H,18,19). The van der Waals surface area contributed by atoms with E-state index in [9.17, 15) is 4.79 Å². The highest BCUT2D eigenvalue weighted by Gasteiger charge is 2.20. The second-order valence-corrected chi connectivity index (χ2v) is 5.86. The van der Waals surface area contributed by atoms with E-state index in [1.54, 1.807) is 24.3 Å². The molecule has 0 bridgehead atoms. The van der Waals surface area contributed by atoms with Crippen molar-refractivity contribution in [3.63, 3.8) is 0 Å². The van der Waals surface area contributed by atoms with E-state index in [1.807, 2.05) is 0 Å². The van der Waals surface area contributed by atoms with Crippen molar-refractivity contribution in [1.82, 2.24) is 5.32 Å². The van der Waals surface area contributed by atoms with Crippen LogP contribution in [0.3, 0.4) is 0 Å². The van der Waals surface area contributed by atoms with Gasteiger partial charge in [0.25, 0.3) is 5.91 Å². The zero-order chi connectivity index (χ0) is 14.7. The number of carbonyl (C=O) groups excluding carboxylic acids is 1. The highest BCUT2D eigenvalue weighted by Crippen LogP contribution is 2.28. The first-order valence-corrected chi connectivity index (χ1v) is 7.65. The van der Waals surface area contributed by atoms with E-state index in [0.29, 0.717) is 29.5 Å². The molecule has 0 saturated heterocycles. The Hall–Kier alpha value is -1.52. The van der Waals surface area contributed by atoms with E-state index < -0.39 is 0 Å². The van der Waals surface area contributed by atoms with Crippen molar-refractivity contribution in [2.45, 2.75) is 19.3 Å². The first-order chi connectivity index (χ1) is 10.2. The lowest BCUT2D eigenvalue weighted by Crippen LogP contribution is -2.24. The summed E-state index contributed by atoms with van der Waals surface area (Å²) in [6, 6.07) is 7.00. The number of nitrogens with one attached hydrogen (secondary N) is 1. The fourth-order valence-corrected chi connectivity index (χ4v) is 2.30. The average molecular weight is 308 g/mol. The van der Waals surface area contributed by atoms with Crippen molar-refractivity contribution in [2.24, 2.45) is 5.92 Å². The number of hydrogen-bond acceptors (Lipinski definition) is 3. The molecule has 0 aliphatic heterocycles. The van der Waals surface area contributed by atoms with Gasteiger partial charge in [-0.05, 0) is 49.4 Å². The van der Waals surface area contributed by atoms with E-state index in [-0.39, 0.29) is 5.91 Å². The predicted octanol–water partition coefficient (Wildman–Crippen LogP) is 3.63. The van der Waals surface area contributed by atoms with Crippen LogP contribution in [0.2, 0.25) is 5.02 Å². The molecule has 2 aromatic rings. The van der Waals surface area contributed by atoms with Gasteiger partial charge in [0.1, 0.15) is 5.58 Å². The van der Waals surface area contributed by atoms with Crippen LogP contribution in [0.1, 0.15) is 29.8 Å². The Morgan fingerprint density at radius 2 is 2.24 bits per heavy atom. The van der Waals surface area contributed by atoms with Crippen molar-refractivity contribution in [1.29, 1.82) is 0 Å². The first kappa shape index (κ1) is 14.4. The highest BCUT2D eigenvalue weighted by atomic mass is 35.5. The molecule has 1 fully saturated rings. The number of ether oxygens (including phenoxy) is 1. The molecule has 1 aromatic heterocycles. The van der Waals surface area contributed by atoms with Gasteiger partial charge in [0.15, 0.2) is 5.76 Å². The third kappa shape index (κ3) is 3.99. The van der Waals surface area contributed by atoms with Crippen LogP contribution in [0.25, 0.3) is 11.0 Å². The largest absolute Gasteiger partial charge is 0.451 e. The molecule has 112 valence electrons. The lowest BCUT2D eigenvalue weighted by Gasteiger charge is -2.04. The summed E-state index contributed by atoms with van der Waals surface area (Å²) in [7, 11) is 0. The van der Waals surface area contributed by atoms with Crippen LogP contribution in [0.5, 0.6) is 0 Å². The summed E-state index contributed by atoms with van der Waals surface area (Å²) in [6.07, 6.45) is 3.41. The summed E-state index contributed by atoms with van der Waals surface area (Å²) in [5.74, 6) is 0.887. The van der Waals surface area contributed by atoms with Crippen LogP contribution >= 0.6 is 11.6 Å². The van der Waals surface area contributed by atoms with Gasteiger partial charge >= 0.3 is 0 Å². The SMILES string of the molecule is O=C(NCCCOCC1CC1)c1cc2cc(Cl)ccc2o1. The third-order valence-electron chi connectivity index (χ3n) is 3.50. The Morgan fingerprint density at radius 3 is 3.05 bits per heavy atom. The molecule has 0 radical (unpaired) electrons. The van der Waals surface area contributed by atoms with Gasteiger partial charge in [-0.15, -0.1) is 0 Å². The van der Waals surface area contributed by atoms with Gasteiger partial charge in [-0.25, -0.2) is 0 Å². The van der Waals surface area contributed by atoms with Crippen molar-refractivity contribution < 1.29 is 13.9 Å². The molecule has 0 atom stereocenters. The van der Waals surface area contributed by atoms with Gasteiger partial charge in [-0.3, -0.25) is 4.79 Å². The Kier molecular flexibility index (Phi) is 4.46. The van der Waals surface area contributed by atoms with Gasteiger partial charge in [0, 0.05) is 30.2 Å². The van der Waals surface area contributed by atoms with E-state index in [0.717, 1.165) is 24.3 Å². The summed E-state index contributed by atoms with van der Waals surface area (Å²) in [5.41, 5.74) is 0.664. The molecule has 0 spiro atoms. The normalized spacial score (nSPS) is 14.5. The van der Waals surface area contributed by atoms with Gasteiger partial charge in [0.05, 0.1) is 0 Å². The fourth-order valence-electron chi connectivity index (χ4n) is 2.12. The lowest BCUT2D eigenvalue weighted by atomic mass is 10.2. The maximum atomic E-state index is 12.0. The summed E-state index contributed by atoms with van der Waals surface area (Å²) in [6.45, 7) is 2.13. The molecule has 5 heteroatoms. The van der Waals surface area contributed by atoms with E-state index >= 15 is 0 Å². The number of furan rings is 1. The molecule has 1 heterocycles. The van der Waals surface area contributed by atoms with Crippen LogP contribution in [0.4, 0.5) is 0 Å². The van der Waals surface area contributed by atoms with Gasteiger partial charge in [-0.1, -0.05) is 11.6 Å².